The van der Waals surface area contributed by atoms with Crippen LogP contribution in [0, 0.1) is 19.8 Å². The first-order valence-corrected chi connectivity index (χ1v) is 9.96. The summed E-state index contributed by atoms with van der Waals surface area (Å²) >= 11 is 0. The second-order valence-corrected chi connectivity index (χ2v) is 7.45. The first-order valence-electron chi connectivity index (χ1n) is 9.96. The predicted octanol–water partition coefficient (Wildman–Crippen LogP) is 3.43. The van der Waals surface area contributed by atoms with Crippen LogP contribution in [0.4, 0.5) is 11.4 Å². The van der Waals surface area contributed by atoms with E-state index in [-0.39, 0.29) is 24.1 Å². The van der Waals surface area contributed by atoms with E-state index < -0.39 is 5.92 Å². The Labute approximate surface area is 171 Å². The molecule has 6 heteroatoms. The standard InChI is InChI=1S/C23H27N3O3/c1-4-12-24-22(28)17-8-10-19(11-9-17)25-23(29)18-13-21(27)26(14-18)20-7-5-6-15(2)16(20)3/h5-11,18H,4,12-14H2,1-3H3,(H,24,28)(H,25,29). The summed E-state index contributed by atoms with van der Waals surface area (Å²) in [5, 5.41) is 5.68. The molecule has 0 bridgehead atoms. The zero-order valence-electron chi connectivity index (χ0n) is 17.1. The van der Waals surface area contributed by atoms with E-state index in [0.717, 1.165) is 23.2 Å². The summed E-state index contributed by atoms with van der Waals surface area (Å²) in [5.41, 5.74) is 4.20. The fourth-order valence-electron chi connectivity index (χ4n) is 3.43. The van der Waals surface area contributed by atoms with Crippen LogP contribution in [0.1, 0.15) is 41.3 Å². The van der Waals surface area contributed by atoms with Gasteiger partial charge >= 0.3 is 0 Å². The molecular weight excluding hydrogens is 366 g/mol. The third kappa shape index (κ3) is 4.65. The summed E-state index contributed by atoms with van der Waals surface area (Å²) in [5.74, 6) is -0.763. The average Bonchev–Trinajstić information content (AvgIpc) is 3.10. The van der Waals surface area contributed by atoms with Crippen molar-refractivity contribution >= 4 is 29.1 Å². The van der Waals surface area contributed by atoms with Crippen molar-refractivity contribution in [1.82, 2.24) is 5.32 Å². The van der Waals surface area contributed by atoms with Crippen LogP contribution in [0.2, 0.25) is 0 Å². The van der Waals surface area contributed by atoms with Crippen LogP contribution in [0.15, 0.2) is 42.5 Å². The fourth-order valence-corrected chi connectivity index (χ4v) is 3.43. The number of benzene rings is 2. The van der Waals surface area contributed by atoms with Gasteiger partial charge in [-0.2, -0.15) is 0 Å². The van der Waals surface area contributed by atoms with Gasteiger partial charge in [-0.25, -0.2) is 0 Å². The molecule has 0 aliphatic carbocycles. The van der Waals surface area contributed by atoms with Crippen LogP contribution >= 0.6 is 0 Å². The van der Waals surface area contributed by atoms with Gasteiger partial charge in [-0.15, -0.1) is 0 Å². The average molecular weight is 393 g/mol. The topological polar surface area (TPSA) is 78.5 Å². The van der Waals surface area contributed by atoms with Crippen LogP contribution in [-0.4, -0.2) is 30.8 Å². The zero-order chi connectivity index (χ0) is 21.0. The number of nitrogens with one attached hydrogen (secondary N) is 2. The molecule has 1 fully saturated rings. The maximum Gasteiger partial charge on any atom is 0.251 e. The van der Waals surface area contributed by atoms with Gasteiger partial charge < -0.3 is 15.5 Å². The fraction of sp³-hybridized carbons (Fsp3) is 0.348. The maximum atomic E-state index is 12.7. The zero-order valence-corrected chi connectivity index (χ0v) is 17.1. The van der Waals surface area contributed by atoms with E-state index in [0.29, 0.717) is 24.3 Å². The Hall–Kier alpha value is -3.15. The number of aryl methyl sites for hydroxylation is 1. The van der Waals surface area contributed by atoms with Crippen molar-refractivity contribution in [2.24, 2.45) is 5.92 Å². The number of nitrogens with zero attached hydrogens (tertiary/aromatic N) is 1. The van der Waals surface area contributed by atoms with Crippen molar-refractivity contribution in [3.05, 3.63) is 59.2 Å². The molecule has 0 spiro atoms. The second-order valence-electron chi connectivity index (χ2n) is 7.45. The Morgan fingerprint density at radius 3 is 2.52 bits per heavy atom. The van der Waals surface area contributed by atoms with Crippen molar-refractivity contribution in [1.29, 1.82) is 0 Å². The molecule has 1 atom stereocenters. The molecular formula is C23H27N3O3. The monoisotopic (exact) mass is 393 g/mol. The van der Waals surface area contributed by atoms with Gasteiger partial charge in [-0.3, -0.25) is 14.4 Å². The molecule has 3 rings (SSSR count). The highest BCUT2D eigenvalue weighted by atomic mass is 16.2. The molecule has 1 aliphatic heterocycles. The van der Waals surface area contributed by atoms with Crippen LogP contribution in [0.25, 0.3) is 0 Å². The van der Waals surface area contributed by atoms with E-state index in [9.17, 15) is 14.4 Å². The van der Waals surface area contributed by atoms with Gasteiger partial charge in [-0.1, -0.05) is 19.1 Å². The third-order valence-corrected chi connectivity index (χ3v) is 5.31. The van der Waals surface area contributed by atoms with E-state index in [2.05, 4.69) is 10.6 Å². The summed E-state index contributed by atoms with van der Waals surface area (Å²) in [6.07, 6.45) is 1.07. The van der Waals surface area contributed by atoms with Gasteiger partial charge in [0.1, 0.15) is 0 Å². The van der Waals surface area contributed by atoms with Crippen molar-refractivity contribution in [2.75, 3.05) is 23.3 Å². The van der Waals surface area contributed by atoms with E-state index in [1.807, 2.05) is 39.0 Å². The van der Waals surface area contributed by atoms with E-state index >= 15 is 0 Å². The van der Waals surface area contributed by atoms with Gasteiger partial charge in [0.2, 0.25) is 11.8 Å². The van der Waals surface area contributed by atoms with Crippen LogP contribution in [0.3, 0.4) is 0 Å². The lowest BCUT2D eigenvalue weighted by Crippen LogP contribution is -2.28. The summed E-state index contributed by atoms with van der Waals surface area (Å²) in [4.78, 5) is 38.9. The molecule has 1 aliphatic rings. The van der Waals surface area contributed by atoms with Gasteiger partial charge in [0.15, 0.2) is 0 Å². The molecule has 29 heavy (non-hydrogen) atoms. The van der Waals surface area contributed by atoms with Gasteiger partial charge in [0, 0.05) is 36.4 Å². The van der Waals surface area contributed by atoms with Crippen molar-refractivity contribution < 1.29 is 14.4 Å². The number of carbonyl (C=O) groups excluding carboxylic acids is 3. The van der Waals surface area contributed by atoms with E-state index in [1.165, 1.54) is 0 Å². The molecule has 2 aromatic carbocycles. The molecule has 0 radical (unpaired) electrons. The molecule has 2 N–H and O–H groups in total. The van der Waals surface area contributed by atoms with Crippen LogP contribution in [0.5, 0.6) is 0 Å². The molecule has 1 saturated heterocycles. The number of rotatable bonds is 6. The van der Waals surface area contributed by atoms with Crippen molar-refractivity contribution in [2.45, 2.75) is 33.6 Å². The maximum absolute atomic E-state index is 12.7. The summed E-state index contributed by atoms with van der Waals surface area (Å²) in [6, 6.07) is 12.6. The van der Waals surface area contributed by atoms with Crippen molar-refractivity contribution in [3.63, 3.8) is 0 Å². The molecule has 1 heterocycles. The molecule has 152 valence electrons. The number of amides is 3. The molecule has 0 saturated carbocycles. The number of carbonyl (C=O) groups is 3. The van der Waals surface area contributed by atoms with Gasteiger partial charge in [-0.05, 0) is 61.7 Å². The van der Waals surface area contributed by atoms with E-state index in [4.69, 9.17) is 0 Å². The van der Waals surface area contributed by atoms with Crippen LogP contribution < -0.4 is 15.5 Å². The molecule has 0 aromatic heterocycles. The summed E-state index contributed by atoms with van der Waals surface area (Å²) < 4.78 is 0. The van der Waals surface area contributed by atoms with Gasteiger partial charge in [0.25, 0.3) is 5.91 Å². The Bertz CT molecular complexity index is 921. The molecule has 3 amide bonds. The minimum absolute atomic E-state index is 0.0400. The van der Waals surface area contributed by atoms with Crippen molar-refractivity contribution in [3.8, 4) is 0 Å². The van der Waals surface area contributed by atoms with Gasteiger partial charge in [0.05, 0.1) is 5.92 Å². The smallest absolute Gasteiger partial charge is 0.251 e. The molecule has 2 aromatic rings. The Kier molecular flexibility index (Phi) is 6.32. The highest BCUT2D eigenvalue weighted by molar-refractivity contribution is 6.04. The number of hydrogen-bond acceptors (Lipinski definition) is 3. The SMILES string of the molecule is CCCNC(=O)c1ccc(NC(=O)C2CC(=O)N(c3cccc(C)c3C)C2)cc1. The Morgan fingerprint density at radius 2 is 1.83 bits per heavy atom. The van der Waals surface area contributed by atoms with Crippen LogP contribution in [-0.2, 0) is 9.59 Å². The molecule has 1 unspecified atom stereocenters. The highest BCUT2D eigenvalue weighted by Gasteiger charge is 2.35. The Balaban J connectivity index is 1.63. The number of hydrogen-bond donors (Lipinski definition) is 2. The molecule has 6 nitrogen and oxygen atoms in total. The lowest BCUT2D eigenvalue weighted by molar-refractivity contribution is -0.122. The number of anilines is 2. The van der Waals surface area contributed by atoms with E-state index in [1.54, 1.807) is 29.2 Å². The summed E-state index contributed by atoms with van der Waals surface area (Å²) in [7, 11) is 0. The predicted molar refractivity (Wildman–Crippen MR) is 114 cm³/mol. The quantitative estimate of drug-likeness (QED) is 0.789. The minimum atomic E-state index is -0.407. The summed E-state index contributed by atoms with van der Waals surface area (Å²) in [6.45, 7) is 6.99. The second kappa shape index (κ2) is 8.90. The largest absolute Gasteiger partial charge is 0.352 e. The highest BCUT2D eigenvalue weighted by Crippen LogP contribution is 2.30. The lowest BCUT2D eigenvalue weighted by atomic mass is 10.1. The lowest BCUT2D eigenvalue weighted by Gasteiger charge is -2.20. The third-order valence-electron chi connectivity index (χ3n) is 5.31. The first-order chi connectivity index (χ1) is 13.9. The Morgan fingerprint density at radius 1 is 1.10 bits per heavy atom. The normalized spacial score (nSPS) is 16.0. The minimum Gasteiger partial charge on any atom is -0.352 e. The first kappa shape index (κ1) is 20.6.